The van der Waals surface area contributed by atoms with Gasteiger partial charge in [-0.25, -0.2) is 0 Å². The summed E-state index contributed by atoms with van der Waals surface area (Å²) in [6.45, 7) is 4.59. The summed E-state index contributed by atoms with van der Waals surface area (Å²) in [6.07, 6.45) is 4.57. The molecule has 1 rings (SSSR count). The minimum atomic E-state index is -0.0736. The molecule has 0 spiro atoms. The van der Waals surface area contributed by atoms with Gasteiger partial charge in [0.1, 0.15) is 0 Å². The number of carbonyl (C=O) groups is 1. The Morgan fingerprint density at radius 2 is 2.54 bits per heavy atom. The van der Waals surface area contributed by atoms with Gasteiger partial charge in [-0.1, -0.05) is 6.08 Å². The molecule has 1 aliphatic rings. The van der Waals surface area contributed by atoms with Crippen LogP contribution in [-0.4, -0.2) is 25.7 Å². The fourth-order valence-corrected chi connectivity index (χ4v) is 1.77. The molecule has 0 saturated carbocycles. The molecule has 1 saturated heterocycles. The molecule has 1 fully saturated rings. The monoisotopic (exact) mass is 183 g/mol. The van der Waals surface area contributed by atoms with Crippen LogP contribution in [0.15, 0.2) is 12.7 Å². The summed E-state index contributed by atoms with van der Waals surface area (Å²) < 4.78 is 4.72. The lowest BCUT2D eigenvalue weighted by Gasteiger charge is -2.27. The molecule has 2 unspecified atom stereocenters. The van der Waals surface area contributed by atoms with Crippen LogP contribution >= 0.6 is 0 Å². The molecule has 0 amide bonds. The van der Waals surface area contributed by atoms with Gasteiger partial charge in [-0.05, 0) is 25.8 Å². The predicted octanol–water partition coefficient (Wildman–Crippen LogP) is 1.10. The molecular weight excluding hydrogens is 166 g/mol. The van der Waals surface area contributed by atoms with E-state index in [2.05, 4.69) is 11.9 Å². The Labute approximate surface area is 79.2 Å². The van der Waals surface area contributed by atoms with Crippen LogP contribution in [0.3, 0.4) is 0 Å². The van der Waals surface area contributed by atoms with Gasteiger partial charge in [0.15, 0.2) is 0 Å². The number of hydrogen-bond donors (Lipinski definition) is 1. The van der Waals surface area contributed by atoms with E-state index >= 15 is 0 Å². The van der Waals surface area contributed by atoms with Gasteiger partial charge in [0.05, 0.1) is 13.0 Å². The number of nitrogens with one attached hydrogen (secondary N) is 1. The third kappa shape index (κ3) is 2.84. The van der Waals surface area contributed by atoms with E-state index in [0.717, 1.165) is 25.8 Å². The van der Waals surface area contributed by atoms with Crippen LogP contribution in [0.4, 0.5) is 0 Å². The fraction of sp³-hybridized carbons (Fsp3) is 0.700. The third-order valence-corrected chi connectivity index (χ3v) is 2.48. The van der Waals surface area contributed by atoms with Gasteiger partial charge in [0.25, 0.3) is 0 Å². The molecule has 13 heavy (non-hydrogen) atoms. The highest BCUT2D eigenvalue weighted by atomic mass is 16.5. The number of esters is 1. The van der Waals surface area contributed by atoms with Gasteiger partial charge in [0, 0.05) is 6.04 Å². The van der Waals surface area contributed by atoms with Crippen molar-refractivity contribution in [3.63, 3.8) is 0 Å². The van der Waals surface area contributed by atoms with Crippen molar-refractivity contribution >= 4 is 5.97 Å². The second-order valence-electron chi connectivity index (χ2n) is 3.42. The van der Waals surface area contributed by atoms with Gasteiger partial charge in [-0.3, -0.25) is 4.79 Å². The van der Waals surface area contributed by atoms with Crippen LogP contribution in [0.5, 0.6) is 0 Å². The summed E-state index contributed by atoms with van der Waals surface area (Å²) in [5.74, 6) is 0.00626. The Hall–Kier alpha value is -0.830. The van der Waals surface area contributed by atoms with E-state index in [0.29, 0.717) is 6.04 Å². The minimum absolute atomic E-state index is 0.0736. The predicted molar refractivity (Wildman–Crippen MR) is 51.3 cm³/mol. The van der Waals surface area contributed by atoms with E-state index in [-0.39, 0.29) is 11.9 Å². The number of rotatable bonds is 3. The van der Waals surface area contributed by atoms with Crippen LogP contribution in [-0.2, 0) is 9.53 Å². The van der Waals surface area contributed by atoms with E-state index < -0.39 is 0 Å². The van der Waals surface area contributed by atoms with Crippen molar-refractivity contribution in [3.05, 3.63) is 12.7 Å². The molecule has 0 aromatic carbocycles. The molecule has 3 heteroatoms. The zero-order valence-electron chi connectivity index (χ0n) is 8.08. The maximum absolute atomic E-state index is 11.2. The highest BCUT2D eigenvalue weighted by molar-refractivity contribution is 5.72. The molecule has 3 nitrogen and oxygen atoms in total. The Morgan fingerprint density at radius 1 is 1.77 bits per heavy atom. The van der Waals surface area contributed by atoms with Crippen molar-refractivity contribution in [1.29, 1.82) is 0 Å². The first-order valence-electron chi connectivity index (χ1n) is 4.70. The van der Waals surface area contributed by atoms with E-state index in [1.54, 1.807) is 0 Å². The molecule has 0 aromatic rings. The van der Waals surface area contributed by atoms with E-state index in [1.807, 2.05) is 6.08 Å². The molecule has 1 aliphatic heterocycles. The summed E-state index contributed by atoms with van der Waals surface area (Å²) in [5, 5.41) is 3.35. The quantitative estimate of drug-likeness (QED) is 0.526. The minimum Gasteiger partial charge on any atom is -0.469 e. The zero-order valence-corrected chi connectivity index (χ0v) is 8.08. The van der Waals surface area contributed by atoms with Crippen molar-refractivity contribution in [2.24, 2.45) is 5.92 Å². The Bertz CT molecular complexity index is 191. The summed E-state index contributed by atoms with van der Waals surface area (Å²) >= 11 is 0. The molecule has 0 radical (unpaired) electrons. The Morgan fingerprint density at radius 3 is 3.15 bits per heavy atom. The first-order chi connectivity index (χ1) is 6.27. The summed E-state index contributed by atoms with van der Waals surface area (Å²) in [4.78, 5) is 11.2. The molecule has 2 atom stereocenters. The molecular formula is C10H17NO2. The van der Waals surface area contributed by atoms with Crippen LogP contribution in [0.25, 0.3) is 0 Å². The first-order valence-corrected chi connectivity index (χ1v) is 4.70. The molecule has 1 heterocycles. The van der Waals surface area contributed by atoms with Gasteiger partial charge in [0.2, 0.25) is 0 Å². The average molecular weight is 183 g/mol. The summed E-state index contributed by atoms with van der Waals surface area (Å²) in [5.41, 5.74) is 0. The second kappa shape index (κ2) is 5.02. The van der Waals surface area contributed by atoms with Gasteiger partial charge >= 0.3 is 5.97 Å². The number of piperidine rings is 1. The van der Waals surface area contributed by atoms with Crippen LogP contribution in [0.1, 0.15) is 19.3 Å². The Kier molecular flexibility index (Phi) is 3.96. The standard InChI is InChI=1S/C10H17NO2/c1-3-4-9-7-8(5-6-11-9)10(12)13-2/h3,8-9,11H,1,4-7H2,2H3. The highest BCUT2D eigenvalue weighted by Gasteiger charge is 2.26. The topological polar surface area (TPSA) is 38.3 Å². The van der Waals surface area contributed by atoms with Crippen molar-refractivity contribution in [1.82, 2.24) is 5.32 Å². The van der Waals surface area contributed by atoms with Crippen molar-refractivity contribution in [3.8, 4) is 0 Å². The lowest BCUT2D eigenvalue weighted by Crippen LogP contribution is -2.40. The summed E-state index contributed by atoms with van der Waals surface area (Å²) in [6, 6.07) is 0.398. The van der Waals surface area contributed by atoms with Crippen LogP contribution in [0.2, 0.25) is 0 Å². The molecule has 0 aromatic heterocycles. The SMILES string of the molecule is C=CCC1CC(C(=O)OC)CCN1. The number of ether oxygens (including phenoxy) is 1. The average Bonchev–Trinajstić information content (AvgIpc) is 2.18. The smallest absolute Gasteiger partial charge is 0.308 e. The largest absolute Gasteiger partial charge is 0.469 e. The fourth-order valence-electron chi connectivity index (χ4n) is 1.77. The maximum atomic E-state index is 11.2. The van der Waals surface area contributed by atoms with Gasteiger partial charge < -0.3 is 10.1 Å². The van der Waals surface area contributed by atoms with E-state index in [4.69, 9.17) is 4.74 Å². The van der Waals surface area contributed by atoms with Gasteiger partial charge in [-0.2, -0.15) is 0 Å². The summed E-state index contributed by atoms with van der Waals surface area (Å²) in [7, 11) is 1.45. The molecule has 1 N–H and O–H groups in total. The molecule has 74 valence electrons. The van der Waals surface area contributed by atoms with Gasteiger partial charge in [-0.15, -0.1) is 6.58 Å². The van der Waals surface area contributed by atoms with E-state index in [9.17, 15) is 4.79 Å². The zero-order chi connectivity index (χ0) is 9.68. The van der Waals surface area contributed by atoms with Crippen molar-refractivity contribution in [2.75, 3.05) is 13.7 Å². The number of methoxy groups -OCH3 is 1. The lowest BCUT2D eigenvalue weighted by molar-refractivity contribution is -0.146. The van der Waals surface area contributed by atoms with Crippen molar-refractivity contribution in [2.45, 2.75) is 25.3 Å². The second-order valence-corrected chi connectivity index (χ2v) is 3.42. The number of hydrogen-bond acceptors (Lipinski definition) is 3. The molecule has 0 aliphatic carbocycles. The Balaban J connectivity index is 2.41. The van der Waals surface area contributed by atoms with Crippen LogP contribution in [0, 0.1) is 5.92 Å². The lowest BCUT2D eigenvalue weighted by atomic mass is 9.91. The third-order valence-electron chi connectivity index (χ3n) is 2.48. The molecule has 0 bridgehead atoms. The maximum Gasteiger partial charge on any atom is 0.308 e. The van der Waals surface area contributed by atoms with Crippen molar-refractivity contribution < 1.29 is 9.53 Å². The normalized spacial score (nSPS) is 28.1. The van der Waals surface area contributed by atoms with E-state index in [1.165, 1.54) is 7.11 Å². The highest BCUT2D eigenvalue weighted by Crippen LogP contribution is 2.19. The first kappa shape index (κ1) is 10.3. The number of carbonyl (C=O) groups excluding carboxylic acids is 1. The van der Waals surface area contributed by atoms with Crippen LogP contribution < -0.4 is 5.32 Å².